The first-order chi connectivity index (χ1) is 16.0. The summed E-state index contributed by atoms with van der Waals surface area (Å²) >= 11 is 3.45. The van der Waals surface area contributed by atoms with E-state index in [1.165, 1.54) is 31.3 Å². The number of halogens is 6. The molecule has 0 saturated carbocycles. The van der Waals surface area contributed by atoms with Crippen molar-refractivity contribution in [1.82, 2.24) is 0 Å². The minimum absolute atomic E-state index is 0.201. The molecule has 0 spiro atoms. The molecule has 6 rings (SSSR count). The van der Waals surface area contributed by atoms with Crippen molar-refractivity contribution in [2.24, 2.45) is 0 Å². The summed E-state index contributed by atoms with van der Waals surface area (Å²) in [4.78, 5) is 0.604. The molecule has 0 radical (unpaired) electrons. The van der Waals surface area contributed by atoms with Gasteiger partial charge in [0, 0.05) is 52.2 Å². The molecule has 0 unspecified atom stereocenters. The first-order valence-electron chi connectivity index (χ1n) is 10.3. The van der Waals surface area contributed by atoms with Gasteiger partial charge in [-0.1, -0.05) is 36.4 Å². The third-order valence-corrected chi connectivity index (χ3v) is 9.86. The third-order valence-electron chi connectivity index (χ3n) is 6.32. The Bertz CT molecular complexity index is 1660. The maximum atomic E-state index is 15.5. The van der Waals surface area contributed by atoms with E-state index in [9.17, 15) is 8.78 Å². The number of benzene rings is 2. The van der Waals surface area contributed by atoms with Gasteiger partial charge >= 0.3 is 17.8 Å². The van der Waals surface area contributed by atoms with Crippen molar-refractivity contribution < 1.29 is 26.3 Å². The average Bonchev–Trinajstić information content (AvgIpc) is 3.42. The fraction of sp³-hybridized carbons (Fsp3) is 0.200. The van der Waals surface area contributed by atoms with Crippen LogP contribution in [0.25, 0.3) is 40.7 Å². The van der Waals surface area contributed by atoms with E-state index in [1.807, 2.05) is 6.07 Å². The lowest BCUT2D eigenvalue weighted by Crippen LogP contribution is -2.48. The Hall–Kier alpha value is -2.36. The van der Waals surface area contributed by atoms with Crippen molar-refractivity contribution in [3.8, 4) is 0 Å². The van der Waals surface area contributed by atoms with Crippen molar-refractivity contribution in [2.75, 3.05) is 0 Å². The van der Waals surface area contributed by atoms with Gasteiger partial charge in [-0.3, -0.25) is 0 Å². The average molecular weight is 525 g/mol. The molecular formula is C25H14F6S3. The highest BCUT2D eigenvalue weighted by molar-refractivity contribution is 7.33. The largest absolute Gasteiger partial charge is 0.380 e. The summed E-state index contributed by atoms with van der Waals surface area (Å²) in [6.45, 7) is 3.03. The molecule has 1 aliphatic carbocycles. The van der Waals surface area contributed by atoms with Gasteiger partial charge in [0.25, 0.3) is 0 Å². The molecule has 9 heteroatoms. The Labute approximate surface area is 201 Å². The molecule has 0 aliphatic heterocycles. The molecule has 0 nitrogen and oxygen atoms in total. The highest BCUT2D eigenvalue weighted by Gasteiger charge is 2.80. The summed E-state index contributed by atoms with van der Waals surface area (Å²) in [7, 11) is 0. The summed E-state index contributed by atoms with van der Waals surface area (Å²) < 4.78 is 94.1. The van der Waals surface area contributed by atoms with Crippen LogP contribution in [0, 0.1) is 13.8 Å². The van der Waals surface area contributed by atoms with E-state index in [4.69, 9.17) is 0 Å². The zero-order valence-corrected chi connectivity index (χ0v) is 20.1. The predicted octanol–water partition coefficient (Wildman–Crippen LogP) is 9.78. The molecule has 0 N–H and O–H groups in total. The molecule has 3 aromatic heterocycles. The van der Waals surface area contributed by atoms with Gasteiger partial charge in [0.15, 0.2) is 0 Å². The predicted molar refractivity (Wildman–Crippen MR) is 130 cm³/mol. The van der Waals surface area contributed by atoms with Gasteiger partial charge in [0.05, 0.1) is 9.40 Å². The van der Waals surface area contributed by atoms with Crippen LogP contribution in [-0.2, 0) is 0 Å². The maximum absolute atomic E-state index is 15.5. The van der Waals surface area contributed by atoms with Crippen LogP contribution in [0.1, 0.15) is 20.9 Å². The monoisotopic (exact) mass is 524 g/mol. The highest BCUT2D eigenvalue weighted by Crippen LogP contribution is 2.67. The Morgan fingerprint density at radius 1 is 0.559 bits per heavy atom. The second kappa shape index (κ2) is 6.86. The van der Waals surface area contributed by atoms with E-state index in [2.05, 4.69) is 0 Å². The standard InChI is InChI=1S/C25H14F6S3/c1-11-17(13-7-3-5-9-15(13)32-11)19-20(24(28,29)25(30,31)23(19,26)27)18-12(2)33-21-14-8-4-6-10-16(14)34-22(18)21/h3-10H,1-2H3. The summed E-state index contributed by atoms with van der Waals surface area (Å²) in [6, 6.07) is 13.6. The molecule has 0 fully saturated rings. The van der Waals surface area contributed by atoms with Crippen LogP contribution in [0.5, 0.6) is 0 Å². The van der Waals surface area contributed by atoms with Crippen molar-refractivity contribution in [1.29, 1.82) is 0 Å². The van der Waals surface area contributed by atoms with E-state index in [-0.39, 0.29) is 16.5 Å². The van der Waals surface area contributed by atoms with Crippen LogP contribution < -0.4 is 0 Å². The number of alkyl halides is 6. The zero-order valence-electron chi connectivity index (χ0n) is 17.6. The number of rotatable bonds is 2. The van der Waals surface area contributed by atoms with E-state index in [0.29, 0.717) is 23.9 Å². The molecule has 3 heterocycles. The van der Waals surface area contributed by atoms with Crippen LogP contribution >= 0.6 is 34.0 Å². The molecule has 0 amide bonds. The summed E-state index contributed by atoms with van der Waals surface area (Å²) in [5.74, 6) is -15.7. The fourth-order valence-electron chi connectivity index (χ4n) is 4.81. The molecule has 1 aliphatic rings. The van der Waals surface area contributed by atoms with Gasteiger partial charge in [-0.05, 0) is 26.0 Å². The number of fused-ring (bicyclic) bond motifs is 4. The van der Waals surface area contributed by atoms with Gasteiger partial charge in [-0.2, -0.15) is 26.3 Å². The first-order valence-corrected chi connectivity index (χ1v) is 12.7. The Morgan fingerprint density at radius 2 is 1.06 bits per heavy atom. The Balaban J connectivity index is 1.82. The molecule has 34 heavy (non-hydrogen) atoms. The van der Waals surface area contributed by atoms with E-state index >= 15 is 17.6 Å². The highest BCUT2D eigenvalue weighted by atomic mass is 32.1. The molecule has 0 saturated heterocycles. The number of aryl methyl sites for hydroxylation is 2. The summed E-state index contributed by atoms with van der Waals surface area (Å²) in [5.41, 5.74) is -2.95. The second-order valence-electron chi connectivity index (χ2n) is 8.29. The lowest BCUT2D eigenvalue weighted by atomic mass is 9.93. The van der Waals surface area contributed by atoms with E-state index < -0.39 is 28.9 Å². The normalized spacial score (nSPS) is 19.2. The zero-order chi connectivity index (χ0) is 24.2. The van der Waals surface area contributed by atoms with Crippen LogP contribution in [0.4, 0.5) is 26.3 Å². The van der Waals surface area contributed by atoms with Crippen molar-refractivity contribution in [2.45, 2.75) is 31.6 Å². The van der Waals surface area contributed by atoms with Crippen molar-refractivity contribution in [3.63, 3.8) is 0 Å². The van der Waals surface area contributed by atoms with Gasteiger partial charge < -0.3 is 0 Å². The van der Waals surface area contributed by atoms with Crippen molar-refractivity contribution >= 4 is 74.7 Å². The lowest BCUT2D eigenvalue weighted by Gasteiger charge is -2.26. The molecule has 174 valence electrons. The molecular weight excluding hydrogens is 510 g/mol. The summed E-state index contributed by atoms with van der Waals surface area (Å²) in [6.07, 6.45) is 0. The second-order valence-corrected chi connectivity index (χ2v) is 11.8. The minimum Gasteiger partial charge on any atom is -0.194 e. The fourth-order valence-corrected chi connectivity index (χ4v) is 8.56. The van der Waals surface area contributed by atoms with Gasteiger partial charge in [0.2, 0.25) is 0 Å². The van der Waals surface area contributed by atoms with Crippen LogP contribution in [0.15, 0.2) is 48.5 Å². The molecule has 5 aromatic rings. The number of hydrogen-bond acceptors (Lipinski definition) is 3. The topological polar surface area (TPSA) is 0 Å². The lowest BCUT2D eigenvalue weighted by molar-refractivity contribution is -0.254. The molecule has 0 bridgehead atoms. The first kappa shape index (κ1) is 22.1. The number of thiophene rings is 3. The smallest absolute Gasteiger partial charge is 0.194 e. The Kier molecular flexibility index (Phi) is 4.46. The number of allylic oxidation sites excluding steroid dienone is 2. The van der Waals surface area contributed by atoms with Crippen molar-refractivity contribution in [3.05, 3.63) is 69.4 Å². The molecule has 2 aromatic carbocycles. The minimum atomic E-state index is -5.57. The van der Waals surface area contributed by atoms with Gasteiger partial charge in [-0.15, -0.1) is 34.0 Å². The van der Waals surface area contributed by atoms with Crippen LogP contribution in [0.2, 0.25) is 0 Å². The van der Waals surface area contributed by atoms with E-state index in [0.717, 1.165) is 32.8 Å². The number of hydrogen-bond donors (Lipinski definition) is 0. The van der Waals surface area contributed by atoms with Gasteiger partial charge in [0.1, 0.15) is 0 Å². The summed E-state index contributed by atoms with van der Waals surface area (Å²) in [5, 5.41) is 1.06. The van der Waals surface area contributed by atoms with E-state index in [1.54, 1.807) is 36.4 Å². The molecule has 0 atom stereocenters. The van der Waals surface area contributed by atoms with Crippen LogP contribution in [-0.4, -0.2) is 17.8 Å². The van der Waals surface area contributed by atoms with Gasteiger partial charge in [-0.25, -0.2) is 0 Å². The van der Waals surface area contributed by atoms with Crippen LogP contribution in [0.3, 0.4) is 0 Å². The SMILES string of the molecule is Cc1sc2ccccc2c1C1=C(c2c(C)sc3c2sc2ccccc23)C(F)(F)C(F)(F)C1(F)F. The maximum Gasteiger partial charge on any atom is 0.380 e. The quantitative estimate of drug-likeness (QED) is 0.202. The third kappa shape index (κ3) is 2.55. The Morgan fingerprint density at radius 3 is 1.71 bits per heavy atom.